The summed E-state index contributed by atoms with van der Waals surface area (Å²) in [6.45, 7) is 7.81. The minimum atomic E-state index is -3.16. The molecule has 0 amide bonds. The molecule has 0 bridgehead atoms. The van der Waals surface area contributed by atoms with Crippen molar-refractivity contribution in [3.63, 3.8) is 0 Å². The molecule has 0 saturated heterocycles. The molecule has 0 aromatic carbocycles. The van der Waals surface area contributed by atoms with E-state index >= 15 is 0 Å². The highest BCUT2D eigenvalue weighted by molar-refractivity contribution is 7.89. The molecule has 0 heterocycles. The molecule has 0 saturated carbocycles. The molecule has 0 aromatic heterocycles. The van der Waals surface area contributed by atoms with Gasteiger partial charge in [0, 0.05) is 6.04 Å². The highest BCUT2D eigenvalue weighted by atomic mass is 32.2. The molecule has 0 fully saturated rings. The maximum absolute atomic E-state index is 11.4. The number of ether oxygens (including phenoxy) is 1. The quantitative estimate of drug-likeness (QED) is 0.704. The molecule has 5 heteroatoms. The van der Waals surface area contributed by atoms with Crippen molar-refractivity contribution in [3.05, 3.63) is 0 Å². The fraction of sp³-hybridized carbons (Fsp3) is 1.00. The zero-order valence-electron chi connectivity index (χ0n) is 9.41. The number of hydrogen-bond acceptors (Lipinski definition) is 3. The molecule has 0 spiro atoms. The van der Waals surface area contributed by atoms with Crippen LogP contribution in [0.15, 0.2) is 0 Å². The predicted octanol–water partition coefficient (Wildman–Crippen LogP) is 1.13. The Morgan fingerprint density at radius 1 is 1.29 bits per heavy atom. The molecule has 86 valence electrons. The summed E-state index contributed by atoms with van der Waals surface area (Å²) in [5, 5.41) is 0. The Morgan fingerprint density at radius 2 is 1.86 bits per heavy atom. The Bertz CT molecular complexity index is 236. The van der Waals surface area contributed by atoms with Crippen LogP contribution >= 0.6 is 0 Å². The van der Waals surface area contributed by atoms with Crippen molar-refractivity contribution in [2.75, 3.05) is 12.4 Å². The highest BCUT2D eigenvalue weighted by Crippen LogP contribution is 1.95. The third kappa shape index (κ3) is 7.29. The molecule has 0 radical (unpaired) electrons. The second kappa shape index (κ2) is 6.37. The standard InChI is InChI=1S/C9H21NO3S/c1-5-9(4)10-14(11,12)7-6-13-8(2)3/h8-10H,5-7H2,1-4H3. The van der Waals surface area contributed by atoms with Gasteiger partial charge in [0.05, 0.1) is 18.5 Å². The van der Waals surface area contributed by atoms with E-state index in [1.165, 1.54) is 0 Å². The van der Waals surface area contributed by atoms with Crippen LogP contribution in [0.3, 0.4) is 0 Å². The summed E-state index contributed by atoms with van der Waals surface area (Å²) in [6.07, 6.45) is 0.873. The Morgan fingerprint density at radius 3 is 2.29 bits per heavy atom. The first kappa shape index (κ1) is 13.9. The number of rotatable bonds is 7. The van der Waals surface area contributed by atoms with Gasteiger partial charge in [-0.25, -0.2) is 13.1 Å². The van der Waals surface area contributed by atoms with Crippen LogP contribution in [0.1, 0.15) is 34.1 Å². The van der Waals surface area contributed by atoms with Gasteiger partial charge < -0.3 is 4.74 Å². The average molecular weight is 223 g/mol. The lowest BCUT2D eigenvalue weighted by molar-refractivity contribution is 0.0911. The van der Waals surface area contributed by atoms with Crippen LogP contribution in [0.4, 0.5) is 0 Å². The highest BCUT2D eigenvalue weighted by Gasteiger charge is 2.13. The van der Waals surface area contributed by atoms with E-state index in [1.54, 1.807) is 0 Å². The second-order valence-corrected chi connectivity index (χ2v) is 5.54. The largest absolute Gasteiger partial charge is 0.378 e. The minimum absolute atomic E-state index is 0.000880. The average Bonchev–Trinajstić information content (AvgIpc) is 2.02. The van der Waals surface area contributed by atoms with E-state index in [4.69, 9.17) is 4.74 Å². The van der Waals surface area contributed by atoms with E-state index in [1.807, 2.05) is 27.7 Å². The van der Waals surface area contributed by atoms with Crippen molar-refractivity contribution < 1.29 is 13.2 Å². The van der Waals surface area contributed by atoms with Gasteiger partial charge in [-0.1, -0.05) is 6.92 Å². The number of nitrogens with one attached hydrogen (secondary N) is 1. The summed E-state index contributed by atoms with van der Waals surface area (Å²) >= 11 is 0. The molecular weight excluding hydrogens is 202 g/mol. The van der Waals surface area contributed by atoms with Crippen LogP contribution in [-0.2, 0) is 14.8 Å². The summed E-state index contributed by atoms with van der Waals surface area (Å²) in [4.78, 5) is 0. The van der Waals surface area contributed by atoms with E-state index in [2.05, 4.69) is 4.72 Å². The summed E-state index contributed by atoms with van der Waals surface area (Å²) < 4.78 is 30.5. The summed E-state index contributed by atoms with van der Waals surface area (Å²) in [5.41, 5.74) is 0. The number of sulfonamides is 1. The molecule has 0 aliphatic rings. The van der Waals surface area contributed by atoms with E-state index < -0.39 is 10.0 Å². The van der Waals surface area contributed by atoms with Gasteiger partial charge in [0.1, 0.15) is 0 Å². The molecule has 14 heavy (non-hydrogen) atoms. The van der Waals surface area contributed by atoms with Crippen LogP contribution in [0.5, 0.6) is 0 Å². The van der Waals surface area contributed by atoms with Gasteiger partial charge in [0.2, 0.25) is 10.0 Å². The molecular formula is C9H21NO3S. The fourth-order valence-electron chi connectivity index (χ4n) is 0.842. The normalized spacial score (nSPS) is 14.6. The van der Waals surface area contributed by atoms with Crippen LogP contribution in [-0.4, -0.2) is 32.9 Å². The van der Waals surface area contributed by atoms with Gasteiger partial charge in [-0.2, -0.15) is 0 Å². The van der Waals surface area contributed by atoms with Crippen LogP contribution < -0.4 is 4.72 Å². The summed E-state index contributed by atoms with van der Waals surface area (Å²) in [5.74, 6) is 0.0372. The van der Waals surface area contributed by atoms with Gasteiger partial charge >= 0.3 is 0 Å². The van der Waals surface area contributed by atoms with E-state index in [9.17, 15) is 8.42 Å². The molecule has 0 aliphatic heterocycles. The van der Waals surface area contributed by atoms with Crippen LogP contribution in [0.25, 0.3) is 0 Å². The van der Waals surface area contributed by atoms with Crippen molar-refractivity contribution in [2.24, 2.45) is 0 Å². The minimum Gasteiger partial charge on any atom is -0.378 e. The Kier molecular flexibility index (Phi) is 6.31. The zero-order valence-corrected chi connectivity index (χ0v) is 10.2. The molecule has 4 nitrogen and oxygen atoms in total. The summed E-state index contributed by atoms with van der Waals surface area (Å²) in [6, 6.07) is -0.000880. The third-order valence-electron chi connectivity index (χ3n) is 1.80. The maximum atomic E-state index is 11.4. The smallest absolute Gasteiger partial charge is 0.214 e. The lowest BCUT2D eigenvalue weighted by Crippen LogP contribution is -2.35. The monoisotopic (exact) mass is 223 g/mol. The van der Waals surface area contributed by atoms with Gasteiger partial charge in [0.25, 0.3) is 0 Å². The Labute approximate surface area is 87.1 Å². The molecule has 0 aromatic rings. The molecule has 1 unspecified atom stereocenters. The Hall–Kier alpha value is -0.130. The van der Waals surface area contributed by atoms with Crippen molar-refractivity contribution >= 4 is 10.0 Å². The first-order valence-electron chi connectivity index (χ1n) is 4.99. The zero-order chi connectivity index (χ0) is 11.2. The topological polar surface area (TPSA) is 55.4 Å². The summed E-state index contributed by atoms with van der Waals surface area (Å²) in [7, 11) is -3.16. The SMILES string of the molecule is CCC(C)NS(=O)(=O)CCOC(C)C. The first-order chi connectivity index (χ1) is 6.37. The second-order valence-electron chi connectivity index (χ2n) is 3.67. The maximum Gasteiger partial charge on any atom is 0.214 e. The van der Waals surface area contributed by atoms with Gasteiger partial charge in [-0.15, -0.1) is 0 Å². The molecule has 1 atom stereocenters. The van der Waals surface area contributed by atoms with E-state index in [0.717, 1.165) is 6.42 Å². The van der Waals surface area contributed by atoms with Gasteiger partial charge in [-0.05, 0) is 27.2 Å². The van der Waals surface area contributed by atoms with Crippen LogP contribution in [0.2, 0.25) is 0 Å². The number of hydrogen-bond donors (Lipinski definition) is 1. The van der Waals surface area contributed by atoms with Gasteiger partial charge in [0.15, 0.2) is 0 Å². The van der Waals surface area contributed by atoms with Crippen molar-refractivity contribution in [2.45, 2.75) is 46.3 Å². The van der Waals surface area contributed by atoms with Crippen molar-refractivity contribution in [3.8, 4) is 0 Å². The fourth-order valence-corrected chi connectivity index (χ4v) is 2.06. The van der Waals surface area contributed by atoms with E-state index in [0.29, 0.717) is 0 Å². The Balaban J connectivity index is 3.84. The van der Waals surface area contributed by atoms with E-state index in [-0.39, 0.29) is 24.5 Å². The molecule has 0 aliphatic carbocycles. The predicted molar refractivity (Wildman–Crippen MR) is 57.8 cm³/mol. The third-order valence-corrected chi connectivity index (χ3v) is 3.26. The van der Waals surface area contributed by atoms with Gasteiger partial charge in [-0.3, -0.25) is 0 Å². The lowest BCUT2D eigenvalue weighted by Gasteiger charge is -2.12. The first-order valence-corrected chi connectivity index (χ1v) is 6.64. The lowest BCUT2D eigenvalue weighted by atomic mass is 10.3. The van der Waals surface area contributed by atoms with Crippen molar-refractivity contribution in [1.29, 1.82) is 0 Å². The molecule has 0 rings (SSSR count). The van der Waals surface area contributed by atoms with Crippen LogP contribution in [0, 0.1) is 0 Å². The molecule has 1 N–H and O–H groups in total. The van der Waals surface area contributed by atoms with Crippen molar-refractivity contribution in [1.82, 2.24) is 4.72 Å².